The molecule has 1 amide bonds. The van der Waals surface area contributed by atoms with Gasteiger partial charge in [-0.2, -0.15) is 5.10 Å². The van der Waals surface area contributed by atoms with Crippen molar-refractivity contribution in [2.75, 3.05) is 0 Å². The summed E-state index contributed by atoms with van der Waals surface area (Å²) in [5, 5.41) is 18.5. The number of fused-ring (bicyclic) bond motifs is 1. The first kappa shape index (κ1) is 18.5. The number of halogens is 1. The van der Waals surface area contributed by atoms with Crippen molar-refractivity contribution >= 4 is 39.7 Å². The normalized spacial score (nSPS) is 11.2. The minimum absolute atomic E-state index is 0.339. The Balaban J connectivity index is 1.50. The Hall–Kier alpha value is -3.56. The molecule has 0 atom stereocenters. The fourth-order valence-corrected chi connectivity index (χ4v) is 4.28. The molecule has 3 heterocycles. The van der Waals surface area contributed by atoms with Crippen LogP contribution in [0.3, 0.4) is 0 Å². The summed E-state index contributed by atoms with van der Waals surface area (Å²) >= 11 is 7.93. The molecule has 148 valence electrons. The molecule has 3 aromatic heterocycles. The van der Waals surface area contributed by atoms with Gasteiger partial charge in [-0.25, -0.2) is 4.98 Å². The van der Waals surface area contributed by atoms with Gasteiger partial charge in [0.2, 0.25) is 11.8 Å². The van der Waals surface area contributed by atoms with Gasteiger partial charge in [0.05, 0.1) is 22.9 Å². The minimum Gasteiger partial charge on any atom is -0.445 e. The molecule has 0 saturated heterocycles. The highest BCUT2D eigenvalue weighted by molar-refractivity contribution is 7.14. The molecule has 10 heteroatoms. The van der Waals surface area contributed by atoms with Crippen molar-refractivity contribution in [2.24, 2.45) is 5.73 Å². The van der Waals surface area contributed by atoms with Crippen molar-refractivity contribution in [1.82, 2.24) is 25.4 Å². The van der Waals surface area contributed by atoms with Crippen molar-refractivity contribution in [3.63, 3.8) is 0 Å². The van der Waals surface area contributed by atoms with E-state index in [1.165, 1.54) is 23.8 Å². The molecule has 0 saturated carbocycles. The Labute approximate surface area is 178 Å². The van der Waals surface area contributed by atoms with Crippen molar-refractivity contribution in [3.05, 3.63) is 70.1 Å². The summed E-state index contributed by atoms with van der Waals surface area (Å²) in [6, 6.07) is 9.04. The number of nitrogens with one attached hydrogen (secondary N) is 1. The number of nitrogens with zero attached hydrogens (tertiary/aromatic N) is 4. The molecule has 5 rings (SSSR count). The zero-order valence-electron chi connectivity index (χ0n) is 15.3. The molecule has 0 radical (unpaired) electrons. The van der Waals surface area contributed by atoms with Gasteiger partial charge in [0.25, 0.3) is 0 Å². The fourth-order valence-electron chi connectivity index (χ4n) is 3.15. The van der Waals surface area contributed by atoms with E-state index in [-0.39, 0.29) is 0 Å². The largest absolute Gasteiger partial charge is 0.445 e. The lowest BCUT2D eigenvalue weighted by Crippen LogP contribution is -2.11. The summed E-state index contributed by atoms with van der Waals surface area (Å²) < 4.78 is 5.35. The standard InChI is InChI=1S/C20H13ClN6O2S/c21-17-10(1-2-15-14(17)9-24-25-15)8-16-26-27-20(30-16)13-6-11(18(22)28)5-12(7-13)19-23-3-4-29-19/h1-7,9H,8H2,(H2,22,28)(H,24,25). The summed E-state index contributed by atoms with van der Waals surface area (Å²) in [4.78, 5) is 15.9. The number of oxazole rings is 1. The molecule has 8 nitrogen and oxygen atoms in total. The fraction of sp³-hybridized carbons (Fsp3) is 0.0500. The number of nitrogens with two attached hydrogens (primary N) is 1. The quantitative estimate of drug-likeness (QED) is 0.427. The van der Waals surface area contributed by atoms with Gasteiger partial charge < -0.3 is 10.2 Å². The Morgan fingerprint density at radius 2 is 2.07 bits per heavy atom. The van der Waals surface area contributed by atoms with Crippen LogP contribution in [0.2, 0.25) is 5.02 Å². The molecular formula is C20H13ClN6O2S. The van der Waals surface area contributed by atoms with Crippen molar-refractivity contribution in [3.8, 4) is 22.0 Å². The highest BCUT2D eigenvalue weighted by Crippen LogP contribution is 2.32. The van der Waals surface area contributed by atoms with Crippen LogP contribution < -0.4 is 5.73 Å². The van der Waals surface area contributed by atoms with Crippen LogP contribution in [-0.2, 0) is 6.42 Å². The van der Waals surface area contributed by atoms with E-state index in [0.29, 0.717) is 39.0 Å². The van der Waals surface area contributed by atoms with Gasteiger partial charge >= 0.3 is 0 Å². The van der Waals surface area contributed by atoms with E-state index in [0.717, 1.165) is 21.5 Å². The van der Waals surface area contributed by atoms with Crippen LogP contribution in [0.5, 0.6) is 0 Å². The topological polar surface area (TPSA) is 124 Å². The van der Waals surface area contributed by atoms with E-state index in [9.17, 15) is 4.79 Å². The van der Waals surface area contributed by atoms with Crippen molar-refractivity contribution < 1.29 is 9.21 Å². The number of hydrogen-bond donors (Lipinski definition) is 2. The number of benzene rings is 2. The average Bonchev–Trinajstić information content (AvgIpc) is 3.51. The van der Waals surface area contributed by atoms with E-state index in [1.54, 1.807) is 18.3 Å². The first-order valence-corrected chi connectivity index (χ1v) is 10.1. The maximum Gasteiger partial charge on any atom is 0.248 e. The first-order chi connectivity index (χ1) is 14.6. The minimum atomic E-state index is -0.547. The molecule has 0 bridgehead atoms. The number of amides is 1. The van der Waals surface area contributed by atoms with Crippen LogP contribution in [0.25, 0.3) is 32.9 Å². The molecule has 0 unspecified atom stereocenters. The van der Waals surface area contributed by atoms with Crippen LogP contribution in [0.15, 0.2) is 53.4 Å². The molecule has 0 aliphatic carbocycles. The third kappa shape index (κ3) is 3.34. The van der Waals surface area contributed by atoms with Crippen LogP contribution in [0.1, 0.15) is 20.9 Å². The van der Waals surface area contributed by atoms with Crippen LogP contribution in [-0.4, -0.2) is 31.3 Å². The number of rotatable bonds is 5. The number of carbonyl (C=O) groups is 1. The first-order valence-electron chi connectivity index (χ1n) is 8.86. The van der Waals surface area contributed by atoms with E-state index in [1.807, 2.05) is 18.2 Å². The summed E-state index contributed by atoms with van der Waals surface area (Å²) in [5.74, 6) is -0.154. The zero-order valence-corrected chi connectivity index (χ0v) is 16.9. The van der Waals surface area contributed by atoms with Crippen molar-refractivity contribution in [2.45, 2.75) is 6.42 Å². The lowest BCUT2D eigenvalue weighted by Gasteiger charge is -2.04. The molecule has 5 aromatic rings. The summed E-state index contributed by atoms with van der Waals surface area (Å²) in [5.41, 5.74) is 8.99. The molecule has 2 aromatic carbocycles. The van der Waals surface area contributed by atoms with Gasteiger partial charge in [-0.15, -0.1) is 10.2 Å². The lowest BCUT2D eigenvalue weighted by molar-refractivity contribution is 0.100. The second-order valence-corrected chi connectivity index (χ2v) is 7.99. The maximum atomic E-state index is 11.8. The third-order valence-corrected chi connectivity index (χ3v) is 6.01. The van der Waals surface area contributed by atoms with Crippen molar-refractivity contribution in [1.29, 1.82) is 0 Å². The second-order valence-electron chi connectivity index (χ2n) is 6.55. The molecule has 30 heavy (non-hydrogen) atoms. The Morgan fingerprint density at radius 3 is 2.87 bits per heavy atom. The number of aromatic amines is 1. The lowest BCUT2D eigenvalue weighted by atomic mass is 10.1. The summed E-state index contributed by atoms with van der Waals surface area (Å²) in [7, 11) is 0. The molecular weight excluding hydrogens is 424 g/mol. The third-order valence-electron chi connectivity index (χ3n) is 4.59. The summed E-state index contributed by atoms with van der Waals surface area (Å²) in [6.07, 6.45) is 5.23. The summed E-state index contributed by atoms with van der Waals surface area (Å²) in [6.45, 7) is 0. The SMILES string of the molecule is NC(=O)c1cc(-c2ncco2)cc(-c2nnc(Cc3ccc4[nH]ncc4c3Cl)s2)c1. The number of primary amides is 1. The average molecular weight is 437 g/mol. The van der Waals surface area contributed by atoms with E-state index >= 15 is 0 Å². The molecule has 0 fully saturated rings. The second kappa shape index (κ2) is 7.36. The van der Waals surface area contributed by atoms with Gasteiger partial charge in [0.15, 0.2) is 0 Å². The van der Waals surface area contributed by atoms with Crippen LogP contribution >= 0.6 is 22.9 Å². The highest BCUT2D eigenvalue weighted by Gasteiger charge is 2.15. The number of H-pyrrole nitrogens is 1. The number of hydrogen-bond acceptors (Lipinski definition) is 7. The van der Waals surface area contributed by atoms with Gasteiger partial charge in [0, 0.05) is 28.5 Å². The molecule has 0 spiro atoms. The maximum absolute atomic E-state index is 11.8. The smallest absolute Gasteiger partial charge is 0.248 e. The number of aromatic nitrogens is 5. The Morgan fingerprint density at radius 1 is 1.20 bits per heavy atom. The highest BCUT2D eigenvalue weighted by atomic mass is 35.5. The van der Waals surface area contributed by atoms with Gasteiger partial charge in [-0.3, -0.25) is 9.89 Å². The monoisotopic (exact) mass is 436 g/mol. The van der Waals surface area contributed by atoms with Crippen LogP contribution in [0, 0.1) is 0 Å². The predicted octanol–water partition coefficient (Wildman–Crippen LogP) is 4.08. The Kier molecular flexibility index (Phi) is 4.53. The van der Waals surface area contributed by atoms with Crippen LogP contribution in [0.4, 0.5) is 0 Å². The van der Waals surface area contributed by atoms with Gasteiger partial charge in [-0.1, -0.05) is 29.0 Å². The zero-order chi connectivity index (χ0) is 20.7. The predicted molar refractivity (Wildman–Crippen MR) is 113 cm³/mol. The van der Waals surface area contributed by atoms with Gasteiger partial charge in [-0.05, 0) is 29.8 Å². The molecule has 0 aliphatic heterocycles. The molecule has 0 aliphatic rings. The van der Waals surface area contributed by atoms with Gasteiger partial charge in [0.1, 0.15) is 16.3 Å². The Bertz CT molecular complexity index is 1380. The molecule has 3 N–H and O–H groups in total. The van der Waals surface area contributed by atoms with E-state index in [2.05, 4.69) is 25.4 Å². The number of carbonyl (C=O) groups excluding carboxylic acids is 1. The van der Waals surface area contributed by atoms with E-state index in [4.69, 9.17) is 21.8 Å². The van der Waals surface area contributed by atoms with E-state index < -0.39 is 5.91 Å².